The molecule has 19 heavy (non-hydrogen) atoms. The first kappa shape index (κ1) is 14.8. The predicted octanol–water partition coefficient (Wildman–Crippen LogP) is 2.17. The number of rotatable bonds is 9. The van der Waals surface area contributed by atoms with Crippen molar-refractivity contribution in [2.45, 2.75) is 38.8 Å². The van der Waals surface area contributed by atoms with Crippen LogP contribution < -0.4 is 10.2 Å². The van der Waals surface area contributed by atoms with E-state index in [0.717, 1.165) is 32.2 Å². The van der Waals surface area contributed by atoms with E-state index in [2.05, 4.69) is 41.5 Å². The molecule has 1 N–H and O–H groups in total. The fourth-order valence-electron chi connectivity index (χ4n) is 2.03. The standard InChI is InChI=1S/C14H26N4S/c1-4-18(9-5-8-17(2)3)14-16-13(11-19-14)10-15-12-6-7-12/h11-12,15H,4-10H2,1-3H3. The lowest BCUT2D eigenvalue weighted by atomic mass is 10.3. The molecule has 0 radical (unpaired) electrons. The summed E-state index contributed by atoms with van der Waals surface area (Å²) >= 11 is 1.77. The van der Waals surface area contributed by atoms with Crippen molar-refractivity contribution < 1.29 is 0 Å². The normalized spacial score (nSPS) is 15.2. The van der Waals surface area contributed by atoms with E-state index in [-0.39, 0.29) is 0 Å². The number of nitrogens with zero attached hydrogens (tertiary/aromatic N) is 3. The van der Waals surface area contributed by atoms with Gasteiger partial charge in [-0.15, -0.1) is 11.3 Å². The van der Waals surface area contributed by atoms with Gasteiger partial charge in [-0.25, -0.2) is 4.98 Å². The summed E-state index contributed by atoms with van der Waals surface area (Å²) in [6.07, 6.45) is 3.86. The number of aromatic nitrogens is 1. The van der Waals surface area contributed by atoms with Crippen molar-refractivity contribution in [2.75, 3.05) is 38.6 Å². The molecule has 2 rings (SSSR count). The molecule has 1 aromatic heterocycles. The summed E-state index contributed by atoms with van der Waals surface area (Å²) in [4.78, 5) is 9.37. The van der Waals surface area contributed by atoms with Crippen molar-refractivity contribution in [2.24, 2.45) is 0 Å². The molecule has 0 unspecified atom stereocenters. The van der Waals surface area contributed by atoms with Crippen LogP contribution in [0, 0.1) is 0 Å². The van der Waals surface area contributed by atoms with E-state index in [0.29, 0.717) is 0 Å². The molecule has 4 nitrogen and oxygen atoms in total. The van der Waals surface area contributed by atoms with Crippen LogP contribution in [0.5, 0.6) is 0 Å². The van der Waals surface area contributed by atoms with Gasteiger partial charge in [0.05, 0.1) is 5.69 Å². The van der Waals surface area contributed by atoms with E-state index in [4.69, 9.17) is 4.98 Å². The second-order valence-corrected chi connectivity index (χ2v) is 6.35. The zero-order chi connectivity index (χ0) is 13.7. The average Bonchev–Trinajstić information content (AvgIpc) is 3.10. The summed E-state index contributed by atoms with van der Waals surface area (Å²) in [5.74, 6) is 0. The molecule has 0 aliphatic heterocycles. The third kappa shape index (κ3) is 5.09. The number of hydrogen-bond acceptors (Lipinski definition) is 5. The molecule has 0 aromatic carbocycles. The highest BCUT2D eigenvalue weighted by Gasteiger charge is 2.20. The Balaban J connectivity index is 1.79. The van der Waals surface area contributed by atoms with Gasteiger partial charge < -0.3 is 15.1 Å². The van der Waals surface area contributed by atoms with Crippen LogP contribution in [0.15, 0.2) is 5.38 Å². The van der Waals surface area contributed by atoms with Crippen LogP contribution in [0.3, 0.4) is 0 Å². The first-order valence-electron chi connectivity index (χ1n) is 7.26. The zero-order valence-corrected chi connectivity index (χ0v) is 13.2. The third-order valence-corrected chi connectivity index (χ3v) is 4.32. The van der Waals surface area contributed by atoms with Gasteiger partial charge in [-0.1, -0.05) is 0 Å². The fraction of sp³-hybridized carbons (Fsp3) is 0.786. The van der Waals surface area contributed by atoms with E-state index >= 15 is 0 Å². The van der Waals surface area contributed by atoms with Crippen molar-refractivity contribution in [3.05, 3.63) is 11.1 Å². The van der Waals surface area contributed by atoms with Crippen molar-refractivity contribution in [3.8, 4) is 0 Å². The minimum absolute atomic E-state index is 0.757. The number of anilines is 1. The van der Waals surface area contributed by atoms with Crippen LogP contribution in [0.1, 0.15) is 31.9 Å². The van der Waals surface area contributed by atoms with Crippen LogP contribution in [0.2, 0.25) is 0 Å². The Morgan fingerprint density at radius 2 is 2.16 bits per heavy atom. The predicted molar refractivity (Wildman–Crippen MR) is 83.0 cm³/mol. The third-order valence-electron chi connectivity index (χ3n) is 3.37. The van der Waals surface area contributed by atoms with E-state index in [1.165, 1.54) is 30.1 Å². The Bertz CT molecular complexity index is 373. The van der Waals surface area contributed by atoms with Gasteiger partial charge in [0.2, 0.25) is 0 Å². The van der Waals surface area contributed by atoms with Gasteiger partial charge >= 0.3 is 0 Å². The van der Waals surface area contributed by atoms with Crippen LogP contribution >= 0.6 is 11.3 Å². The van der Waals surface area contributed by atoms with E-state index in [9.17, 15) is 0 Å². The van der Waals surface area contributed by atoms with Gasteiger partial charge in [-0.05, 0) is 46.8 Å². The number of thiazole rings is 1. The van der Waals surface area contributed by atoms with Gasteiger partial charge in [0, 0.05) is 31.1 Å². The highest BCUT2D eigenvalue weighted by Crippen LogP contribution is 2.22. The van der Waals surface area contributed by atoms with Gasteiger partial charge in [0.25, 0.3) is 0 Å². The monoisotopic (exact) mass is 282 g/mol. The van der Waals surface area contributed by atoms with E-state index in [1.807, 2.05) is 0 Å². The molecule has 1 aliphatic carbocycles. The Morgan fingerprint density at radius 1 is 1.37 bits per heavy atom. The SMILES string of the molecule is CCN(CCCN(C)C)c1nc(CNC2CC2)cs1. The molecule has 5 heteroatoms. The molecule has 1 fully saturated rings. The lowest BCUT2D eigenvalue weighted by Crippen LogP contribution is -2.27. The minimum atomic E-state index is 0.757. The molecule has 0 bridgehead atoms. The van der Waals surface area contributed by atoms with Gasteiger partial charge in [-0.2, -0.15) is 0 Å². The molecule has 0 amide bonds. The molecule has 1 aliphatic rings. The summed E-state index contributed by atoms with van der Waals surface area (Å²) in [7, 11) is 4.25. The second-order valence-electron chi connectivity index (χ2n) is 5.51. The summed E-state index contributed by atoms with van der Waals surface area (Å²) in [6.45, 7) is 6.40. The molecule has 1 saturated carbocycles. The van der Waals surface area contributed by atoms with Crippen molar-refractivity contribution >= 4 is 16.5 Å². The summed E-state index contributed by atoms with van der Waals surface area (Å²) in [5.41, 5.74) is 1.19. The highest BCUT2D eigenvalue weighted by molar-refractivity contribution is 7.13. The maximum absolute atomic E-state index is 4.75. The van der Waals surface area contributed by atoms with E-state index in [1.54, 1.807) is 11.3 Å². The Morgan fingerprint density at radius 3 is 2.79 bits per heavy atom. The average molecular weight is 282 g/mol. The minimum Gasteiger partial charge on any atom is -0.348 e. The topological polar surface area (TPSA) is 31.4 Å². The summed E-state index contributed by atoms with van der Waals surface area (Å²) in [6, 6.07) is 0.757. The first-order chi connectivity index (χ1) is 9.19. The largest absolute Gasteiger partial charge is 0.348 e. The smallest absolute Gasteiger partial charge is 0.185 e. The molecule has 0 spiro atoms. The van der Waals surface area contributed by atoms with Gasteiger partial charge in [-0.3, -0.25) is 0 Å². The highest BCUT2D eigenvalue weighted by atomic mass is 32.1. The van der Waals surface area contributed by atoms with Crippen LogP contribution in [0.4, 0.5) is 5.13 Å². The van der Waals surface area contributed by atoms with E-state index < -0.39 is 0 Å². The molecular formula is C14H26N4S. The molecule has 1 aromatic rings. The first-order valence-corrected chi connectivity index (χ1v) is 8.14. The molecular weight excluding hydrogens is 256 g/mol. The van der Waals surface area contributed by atoms with Crippen molar-refractivity contribution in [1.29, 1.82) is 0 Å². The molecule has 0 saturated heterocycles. The Hall–Kier alpha value is -0.650. The molecule has 1 heterocycles. The second kappa shape index (κ2) is 7.22. The lowest BCUT2D eigenvalue weighted by molar-refractivity contribution is 0.400. The summed E-state index contributed by atoms with van der Waals surface area (Å²) in [5, 5.41) is 6.89. The Labute approximate surface area is 120 Å². The van der Waals surface area contributed by atoms with Gasteiger partial charge in [0.1, 0.15) is 0 Å². The van der Waals surface area contributed by atoms with Crippen molar-refractivity contribution in [3.63, 3.8) is 0 Å². The maximum atomic E-state index is 4.75. The number of nitrogens with one attached hydrogen (secondary N) is 1. The quantitative estimate of drug-likeness (QED) is 0.752. The summed E-state index contributed by atoms with van der Waals surface area (Å²) < 4.78 is 0. The fourth-order valence-corrected chi connectivity index (χ4v) is 2.94. The van der Waals surface area contributed by atoms with Crippen LogP contribution in [-0.4, -0.2) is 49.7 Å². The van der Waals surface area contributed by atoms with Crippen molar-refractivity contribution in [1.82, 2.24) is 15.2 Å². The molecule has 108 valence electrons. The number of hydrogen-bond donors (Lipinski definition) is 1. The Kier molecular flexibility index (Phi) is 5.60. The van der Waals surface area contributed by atoms with Gasteiger partial charge in [0.15, 0.2) is 5.13 Å². The zero-order valence-electron chi connectivity index (χ0n) is 12.4. The maximum Gasteiger partial charge on any atom is 0.185 e. The molecule has 0 atom stereocenters. The lowest BCUT2D eigenvalue weighted by Gasteiger charge is -2.20. The van der Waals surface area contributed by atoms with Crippen LogP contribution in [-0.2, 0) is 6.54 Å². The van der Waals surface area contributed by atoms with Crippen LogP contribution in [0.25, 0.3) is 0 Å².